The van der Waals surface area contributed by atoms with E-state index in [2.05, 4.69) is 34.6 Å². The average Bonchev–Trinajstić information content (AvgIpc) is 3.24. The van der Waals surface area contributed by atoms with E-state index in [1.54, 1.807) is 0 Å². The summed E-state index contributed by atoms with van der Waals surface area (Å²) >= 11 is 0. The van der Waals surface area contributed by atoms with Gasteiger partial charge in [-0.05, 0) is 31.1 Å². The molecule has 0 aliphatic heterocycles. The highest BCUT2D eigenvalue weighted by molar-refractivity contribution is 5.71. The second-order valence-corrected chi connectivity index (χ2v) is 19.6. The lowest BCUT2D eigenvalue weighted by Crippen LogP contribution is -2.30. The lowest BCUT2D eigenvalue weighted by atomic mass is 9.99. The van der Waals surface area contributed by atoms with Gasteiger partial charge < -0.3 is 14.2 Å². The van der Waals surface area contributed by atoms with Crippen LogP contribution in [0.1, 0.15) is 304 Å². The quantitative estimate of drug-likeness (QED) is 0.0344. The van der Waals surface area contributed by atoms with Gasteiger partial charge >= 0.3 is 17.9 Å². The number of hydrogen-bond donors (Lipinski definition) is 0. The second-order valence-electron chi connectivity index (χ2n) is 19.6. The minimum Gasteiger partial charge on any atom is -0.462 e. The highest BCUT2D eigenvalue weighted by Gasteiger charge is 2.19. The highest BCUT2D eigenvalue weighted by Crippen LogP contribution is 2.18. The first-order chi connectivity index (χ1) is 29.8. The van der Waals surface area contributed by atoms with Crippen molar-refractivity contribution in [1.82, 2.24) is 0 Å². The van der Waals surface area contributed by atoms with E-state index < -0.39 is 6.10 Å². The van der Waals surface area contributed by atoms with E-state index in [4.69, 9.17) is 14.2 Å². The van der Waals surface area contributed by atoms with Crippen LogP contribution in [0.2, 0.25) is 0 Å². The maximum atomic E-state index is 12.8. The Kier molecular flexibility index (Phi) is 46.6. The summed E-state index contributed by atoms with van der Waals surface area (Å²) in [5, 5.41) is 0. The Labute approximate surface area is 380 Å². The van der Waals surface area contributed by atoms with Crippen LogP contribution in [-0.4, -0.2) is 37.2 Å². The maximum absolute atomic E-state index is 12.8. The molecule has 0 aromatic heterocycles. The Morgan fingerprint density at radius 3 is 0.934 bits per heavy atom. The van der Waals surface area contributed by atoms with E-state index in [1.165, 1.54) is 193 Å². The third kappa shape index (κ3) is 47.7. The summed E-state index contributed by atoms with van der Waals surface area (Å²) in [4.78, 5) is 38.0. The van der Waals surface area contributed by atoms with Crippen molar-refractivity contribution in [3.8, 4) is 0 Å². The fraction of sp³-hybridized carbons (Fsp3) is 0.945. The van der Waals surface area contributed by atoms with Gasteiger partial charge in [0.05, 0.1) is 0 Å². The molecule has 0 amide bonds. The van der Waals surface area contributed by atoms with Gasteiger partial charge in [-0.25, -0.2) is 0 Å². The van der Waals surface area contributed by atoms with Gasteiger partial charge in [0.25, 0.3) is 0 Å². The minimum atomic E-state index is -0.762. The van der Waals surface area contributed by atoms with E-state index in [0.29, 0.717) is 19.3 Å². The van der Waals surface area contributed by atoms with Crippen LogP contribution < -0.4 is 0 Å². The first kappa shape index (κ1) is 59.4. The third-order valence-electron chi connectivity index (χ3n) is 12.8. The van der Waals surface area contributed by atoms with Crippen molar-refractivity contribution in [2.75, 3.05) is 13.2 Å². The molecule has 6 heteroatoms. The van der Waals surface area contributed by atoms with Crippen LogP contribution in [0.3, 0.4) is 0 Å². The zero-order chi connectivity index (χ0) is 44.7. The summed E-state index contributed by atoms with van der Waals surface area (Å²) in [5.74, 6) is 0.819. The van der Waals surface area contributed by atoms with Crippen molar-refractivity contribution in [3.63, 3.8) is 0 Å². The molecule has 0 aliphatic rings. The number of esters is 3. The van der Waals surface area contributed by atoms with Gasteiger partial charge in [-0.2, -0.15) is 0 Å². The van der Waals surface area contributed by atoms with Crippen molar-refractivity contribution in [2.24, 2.45) is 11.8 Å². The van der Waals surface area contributed by atoms with E-state index in [0.717, 1.165) is 69.6 Å². The summed E-state index contributed by atoms with van der Waals surface area (Å²) in [6.45, 7) is 11.4. The number of unbranched alkanes of at least 4 members (excludes halogenated alkanes) is 33. The van der Waals surface area contributed by atoms with Crippen LogP contribution in [0.4, 0.5) is 0 Å². The minimum absolute atomic E-state index is 0.0640. The molecule has 0 rings (SSSR count). The molecule has 2 atom stereocenters. The fourth-order valence-corrected chi connectivity index (χ4v) is 8.31. The average molecular weight is 863 g/mol. The van der Waals surface area contributed by atoms with Crippen LogP contribution in [0.15, 0.2) is 0 Å². The Bertz CT molecular complexity index is 933. The monoisotopic (exact) mass is 863 g/mol. The molecule has 0 radical (unpaired) electrons. The van der Waals surface area contributed by atoms with Gasteiger partial charge in [-0.15, -0.1) is 0 Å². The fourth-order valence-electron chi connectivity index (χ4n) is 8.31. The molecular weight excluding hydrogens is 757 g/mol. The van der Waals surface area contributed by atoms with Gasteiger partial charge in [0.1, 0.15) is 13.2 Å². The zero-order valence-corrected chi connectivity index (χ0v) is 41.8. The lowest BCUT2D eigenvalue weighted by Gasteiger charge is -2.18. The van der Waals surface area contributed by atoms with Crippen molar-refractivity contribution in [1.29, 1.82) is 0 Å². The van der Waals surface area contributed by atoms with Gasteiger partial charge in [0, 0.05) is 19.3 Å². The van der Waals surface area contributed by atoms with Gasteiger partial charge in [-0.1, -0.05) is 266 Å². The smallest absolute Gasteiger partial charge is 0.306 e. The Hall–Kier alpha value is -1.59. The SMILES string of the molecule is CCCCCCCCCCCCCCCCCCCCC(=O)O[C@@H](COC(=O)CCCCCCCCCCCCC(C)CC)COC(=O)CCCCCCCCCCC(C)C. The number of carbonyl (C=O) groups excluding carboxylic acids is 3. The summed E-state index contributed by atoms with van der Waals surface area (Å²) < 4.78 is 16.8. The molecule has 0 aliphatic carbocycles. The highest BCUT2D eigenvalue weighted by atomic mass is 16.6. The van der Waals surface area contributed by atoms with Crippen molar-refractivity contribution in [3.05, 3.63) is 0 Å². The Balaban J connectivity index is 4.29. The zero-order valence-electron chi connectivity index (χ0n) is 41.8. The van der Waals surface area contributed by atoms with Gasteiger partial charge in [0.2, 0.25) is 0 Å². The molecular formula is C55H106O6. The Morgan fingerprint density at radius 2 is 0.623 bits per heavy atom. The molecule has 0 fully saturated rings. The second kappa shape index (κ2) is 47.9. The molecule has 0 aromatic carbocycles. The van der Waals surface area contributed by atoms with E-state index in [-0.39, 0.29) is 31.1 Å². The topological polar surface area (TPSA) is 78.9 Å². The number of ether oxygens (including phenoxy) is 3. The first-order valence-electron chi connectivity index (χ1n) is 27.3. The summed E-state index contributed by atoms with van der Waals surface area (Å²) in [6.07, 6.45) is 49.5. The molecule has 61 heavy (non-hydrogen) atoms. The van der Waals surface area contributed by atoms with Gasteiger partial charge in [0.15, 0.2) is 6.10 Å². The van der Waals surface area contributed by atoms with Crippen LogP contribution in [0.5, 0.6) is 0 Å². The standard InChI is InChI=1S/C55H106O6/c1-6-8-9-10-11-12-13-14-15-16-17-18-19-20-25-32-37-42-47-55(58)61-52(49-60-54(57)46-41-36-31-27-26-28-33-38-43-50(3)4)48-59-53(56)45-40-35-30-24-22-21-23-29-34-39-44-51(5)7-2/h50-52H,6-49H2,1-5H3/t51?,52-/m0/s1. The molecule has 0 N–H and O–H groups in total. The van der Waals surface area contributed by atoms with E-state index >= 15 is 0 Å². The lowest BCUT2D eigenvalue weighted by molar-refractivity contribution is -0.167. The van der Waals surface area contributed by atoms with Crippen molar-refractivity contribution in [2.45, 2.75) is 310 Å². The van der Waals surface area contributed by atoms with Crippen molar-refractivity contribution >= 4 is 17.9 Å². The van der Waals surface area contributed by atoms with Crippen LogP contribution in [-0.2, 0) is 28.6 Å². The molecule has 0 saturated heterocycles. The largest absolute Gasteiger partial charge is 0.462 e. The molecule has 0 aromatic rings. The molecule has 362 valence electrons. The summed E-state index contributed by atoms with van der Waals surface area (Å²) in [5.41, 5.74) is 0. The Morgan fingerprint density at radius 1 is 0.344 bits per heavy atom. The molecule has 6 nitrogen and oxygen atoms in total. The first-order valence-corrected chi connectivity index (χ1v) is 27.3. The number of rotatable bonds is 49. The maximum Gasteiger partial charge on any atom is 0.306 e. The molecule has 0 spiro atoms. The van der Waals surface area contributed by atoms with Gasteiger partial charge in [-0.3, -0.25) is 14.4 Å². The summed E-state index contributed by atoms with van der Waals surface area (Å²) in [6, 6.07) is 0. The number of carbonyl (C=O) groups is 3. The molecule has 0 bridgehead atoms. The van der Waals surface area contributed by atoms with E-state index in [1.807, 2.05) is 0 Å². The molecule has 0 heterocycles. The molecule has 1 unspecified atom stereocenters. The van der Waals surface area contributed by atoms with E-state index in [9.17, 15) is 14.4 Å². The normalized spacial score (nSPS) is 12.5. The predicted octanol–water partition coefficient (Wildman–Crippen LogP) is 17.7. The van der Waals surface area contributed by atoms with Crippen molar-refractivity contribution < 1.29 is 28.6 Å². The van der Waals surface area contributed by atoms with Crippen LogP contribution in [0, 0.1) is 11.8 Å². The predicted molar refractivity (Wildman–Crippen MR) is 261 cm³/mol. The third-order valence-corrected chi connectivity index (χ3v) is 12.8. The summed E-state index contributed by atoms with van der Waals surface area (Å²) in [7, 11) is 0. The number of hydrogen-bond acceptors (Lipinski definition) is 6. The van der Waals surface area contributed by atoms with Crippen LogP contribution in [0.25, 0.3) is 0 Å². The van der Waals surface area contributed by atoms with Crippen LogP contribution >= 0.6 is 0 Å². The molecule has 0 saturated carbocycles.